The summed E-state index contributed by atoms with van der Waals surface area (Å²) in [5.41, 5.74) is -1.21. The Balaban J connectivity index is 1.81. The van der Waals surface area contributed by atoms with E-state index in [0.717, 1.165) is 6.54 Å². The van der Waals surface area contributed by atoms with E-state index in [1.54, 1.807) is 16.2 Å². The number of rotatable bonds is 4. The molecule has 2 rings (SSSR count). The Kier molecular flexibility index (Phi) is 5.70. The van der Waals surface area contributed by atoms with E-state index in [9.17, 15) is 9.90 Å². The van der Waals surface area contributed by atoms with Gasteiger partial charge in [-0.25, -0.2) is 4.79 Å². The lowest BCUT2D eigenvalue weighted by Crippen LogP contribution is -2.52. The Bertz CT molecular complexity index is 502. The van der Waals surface area contributed by atoms with E-state index in [-0.39, 0.29) is 6.09 Å². The van der Waals surface area contributed by atoms with Gasteiger partial charge in [0.15, 0.2) is 0 Å². The molecule has 1 fully saturated rings. The SMILES string of the molecule is CN(Cc1cccs1)CC1(O)CCN(C(=O)OC(C)(C)C)CC1. The second-order valence-electron chi connectivity index (χ2n) is 7.44. The number of carbonyl (C=O) groups is 1. The highest BCUT2D eigenvalue weighted by Crippen LogP contribution is 2.25. The molecule has 1 N–H and O–H groups in total. The first-order valence-corrected chi connectivity index (χ1v) is 8.96. The van der Waals surface area contributed by atoms with Crippen LogP contribution in [0.4, 0.5) is 4.79 Å². The summed E-state index contributed by atoms with van der Waals surface area (Å²) >= 11 is 1.73. The number of piperidine rings is 1. The molecule has 6 heteroatoms. The molecule has 0 radical (unpaired) electrons. The molecule has 0 aromatic carbocycles. The summed E-state index contributed by atoms with van der Waals surface area (Å²) in [5, 5.41) is 12.9. The number of aliphatic hydroxyl groups is 1. The minimum absolute atomic E-state index is 0.286. The standard InChI is InChI=1S/C17H28N2O3S/c1-16(2,3)22-15(20)19-9-7-17(21,8-10-19)13-18(4)12-14-6-5-11-23-14/h5-6,11,21H,7-10,12-13H2,1-4H3. The van der Waals surface area contributed by atoms with E-state index >= 15 is 0 Å². The maximum Gasteiger partial charge on any atom is 0.410 e. The minimum atomic E-state index is -0.732. The van der Waals surface area contributed by atoms with Gasteiger partial charge >= 0.3 is 6.09 Å². The average molecular weight is 340 g/mol. The van der Waals surface area contributed by atoms with E-state index in [0.29, 0.717) is 32.5 Å². The van der Waals surface area contributed by atoms with E-state index in [4.69, 9.17) is 4.74 Å². The van der Waals surface area contributed by atoms with Crippen LogP contribution in [-0.4, -0.2) is 58.9 Å². The van der Waals surface area contributed by atoms with E-state index in [1.807, 2.05) is 33.9 Å². The molecule has 2 heterocycles. The molecule has 0 bridgehead atoms. The monoisotopic (exact) mass is 340 g/mol. The Morgan fingerprint density at radius 3 is 2.61 bits per heavy atom. The van der Waals surface area contributed by atoms with Gasteiger partial charge in [-0.15, -0.1) is 11.3 Å². The summed E-state index contributed by atoms with van der Waals surface area (Å²) in [6, 6.07) is 4.15. The Labute approximate surface area is 142 Å². The van der Waals surface area contributed by atoms with Gasteiger partial charge in [-0.1, -0.05) is 6.07 Å². The van der Waals surface area contributed by atoms with Crippen molar-refractivity contribution in [3.05, 3.63) is 22.4 Å². The number of nitrogens with zero attached hydrogens (tertiary/aromatic N) is 2. The minimum Gasteiger partial charge on any atom is -0.444 e. The molecule has 1 amide bonds. The highest BCUT2D eigenvalue weighted by molar-refractivity contribution is 7.09. The number of hydrogen-bond donors (Lipinski definition) is 1. The summed E-state index contributed by atoms with van der Waals surface area (Å²) < 4.78 is 5.39. The number of hydrogen-bond acceptors (Lipinski definition) is 5. The fourth-order valence-corrected chi connectivity index (χ4v) is 3.60. The third-order valence-electron chi connectivity index (χ3n) is 3.92. The Morgan fingerprint density at radius 1 is 1.43 bits per heavy atom. The van der Waals surface area contributed by atoms with Gasteiger partial charge in [0.25, 0.3) is 0 Å². The number of likely N-dealkylation sites (tertiary alicyclic amines) is 1. The second kappa shape index (κ2) is 7.20. The van der Waals surface area contributed by atoms with Gasteiger partial charge in [0.1, 0.15) is 5.60 Å². The predicted octanol–water partition coefficient (Wildman–Crippen LogP) is 2.94. The highest BCUT2D eigenvalue weighted by atomic mass is 32.1. The van der Waals surface area contributed by atoms with Crippen LogP contribution in [0.15, 0.2) is 17.5 Å². The van der Waals surface area contributed by atoms with Crippen molar-refractivity contribution >= 4 is 17.4 Å². The maximum atomic E-state index is 12.1. The van der Waals surface area contributed by atoms with Crippen LogP contribution in [0.2, 0.25) is 0 Å². The second-order valence-corrected chi connectivity index (χ2v) is 8.48. The molecule has 5 nitrogen and oxygen atoms in total. The molecule has 0 saturated carbocycles. The third kappa shape index (κ3) is 5.79. The van der Waals surface area contributed by atoms with E-state index < -0.39 is 11.2 Å². The van der Waals surface area contributed by atoms with Crippen molar-refractivity contribution in [1.82, 2.24) is 9.80 Å². The fourth-order valence-electron chi connectivity index (χ4n) is 2.82. The van der Waals surface area contributed by atoms with Crippen molar-refractivity contribution in [2.75, 3.05) is 26.7 Å². The van der Waals surface area contributed by atoms with Crippen LogP contribution in [-0.2, 0) is 11.3 Å². The van der Waals surface area contributed by atoms with Gasteiger partial charge in [0.05, 0.1) is 5.60 Å². The summed E-state index contributed by atoms with van der Waals surface area (Å²) in [7, 11) is 2.03. The zero-order valence-electron chi connectivity index (χ0n) is 14.5. The van der Waals surface area contributed by atoms with Crippen molar-refractivity contribution in [2.24, 2.45) is 0 Å². The van der Waals surface area contributed by atoms with Crippen LogP contribution in [0.1, 0.15) is 38.5 Å². The lowest BCUT2D eigenvalue weighted by atomic mass is 9.91. The molecule has 0 aliphatic carbocycles. The van der Waals surface area contributed by atoms with Gasteiger partial charge in [-0.3, -0.25) is 4.90 Å². The smallest absolute Gasteiger partial charge is 0.410 e. The van der Waals surface area contributed by atoms with Gasteiger partial charge in [-0.2, -0.15) is 0 Å². The first kappa shape index (κ1) is 18.2. The molecule has 0 atom stereocenters. The van der Waals surface area contributed by atoms with Gasteiger partial charge in [0, 0.05) is 31.1 Å². The van der Waals surface area contributed by atoms with Crippen LogP contribution in [0.5, 0.6) is 0 Å². The van der Waals surface area contributed by atoms with Crippen molar-refractivity contribution in [1.29, 1.82) is 0 Å². The molecule has 1 aromatic rings. The zero-order chi connectivity index (χ0) is 17.1. The molecular formula is C17H28N2O3S. The van der Waals surface area contributed by atoms with Crippen LogP contribution in [0.3, 0.4) is 0 Å². The lowest BCUT2D eigenvalue weighted by Gasteiger charge is -2.40. The quantitative estimate of drug-likeness (QED) is 0.916. The topological polar surface area (TPSA) is 53.0 Å². The molecule has 130 valence electrons. The molecule has 1 aliphatic heterocycles. The molecule has 1 aliphatic rings. The normalized spacial score (nSPS) is 18.3. The number of thiophene rings is 1. The number of amides is 1. The summed E-state index contributed by atoms with van der Waals surface area (Å²) in [5.74, 6) is 0. The molecular weight excluding hydrogens is 312 g/mol. The van der Waals surface area contributed by atoms with Crippen molar-refractivity contribution in [2.45, 2.75) is 51.4 Å². The lowest BCUT2D eigenvalue weighted by molar-refractivity contribution is -0.0475. The Hall–Kier alpha value is -1.11. The van der Waals surface area contributed by atoms with Crippen LogP contribution < -0.4 is 0 Å². The fraction of sp³-hybridized carbons (Fsp3) is 0.706. The number of ether oxygens (including phenoxy) is 1. The van der Waals surface area contributed by atoms with E-state index in [1.165, 1.54) is 4.88 Å². The summed E-state index contributed by atoms with van der Waals surface area (Å²) in [6.45, 7) is 8.14. The highest BCUT2D eigenvalue weighted by Gasteiger charge is 2.36. The first-order chi connectivity index (χ1) is 10.7. The van der Waals surface area contributed by atoms with Gasteiger partial charge in [-0.05, 0) is 52.1 Å². The number of carbonyl (C=O) groups excluding carboxylic acids is 1. The zero-order valence-corrected chi connectivity index (χ0v) is 15.4. The van der Waals surface area contributed by atoms with Gasteiger partial charge in [0.2, 0.25) is 0 Å². The molecule has 23 heavy (non-hydrogen) atoms. The van der Waals surface area contributed by atoms with Crippen LogP contribution in [0.25, 0.3) is 0 Å². The van der Waals surface area contributed by atoms with Crippen LogP contribution in [0, 0.1) is 0 Å². The molecule has 0 spiro atoms. The Morgan fingerprint density at radius 2 is 2.09 bits per heavy atom. The van der Waals surface area contributed by atoms with Crippen LogP contribution >= 0.6 is 11.3 Å². The van der Waals surface area contributed by atoms with Crippen molar-refractivity contribution in [3.63, 3.8) is 0 Å². The molecule has 1 saturated heterocycles. The molecule has 0 unspecified atom stereocenters. The summed E-state index contributed by atoms with van der Waals surface area (Å²) in [6.07, 6.45) is 0.883. The van der Waals surface area contributed by atoms with E-state index in [2.05, 4.69) is 16.3 Å². The maximum absolute atomic E-state index is 12.1. The van der Waals surface area contributed by atoms with Gasteiger partial charge < -0.3 is 14.7 Å². The first-order valence-electron chi connectivity index (χ1n) is 8.08. The number of likely N-dealkylation sites (N-methyl/N-ethyl adjacent to an activating group) is 1. The largest absolute Gasteiger partial charge is 0.444 e. The third-order valence-corrected chi connectivity index (χ3v) is 4.78. The average Bonchev–Trinajstić information content (AvgIpc) is 2.89. The van der Waals surface area contributed by atoms with Crippen molar-refractivity contribution < 1.29 is 14.6 Å². The van der Waals surface area contributed by atoms with Crippen molar-refractivity contribution in [3.8, 4) is 0 Å². The molecule has 1 aromatic heterocycles. The summed E-state index contributed by atoms with van der Waals surface area (Å²) in [4.78, 5) is 17.2. The predicted molar refractivity (Wildman–Crippen MR) is 92.6 cm³/mol.